The molecule has 168 valence electrons. The summed E-state index contributed by atoms with van der Waals surface area (Å²) < 4.78 is 29.3. The first-order valence-corrected chi connectivity index (χ1v) is 12.5. The number of benzene rings is 1. The van der Waals surface area contributed by atoms with Crippen LogP contribution in [-0.2, 0) is 14.6 Å². The number of rotatable bonds is 9. The van der Waals surface area contributed by atoms with Gasteiger partial charge in [0.15, 0.2) is 9.84 Å². The van der Waals surface area contributed by atoms with Gasteiger partial charge in [-0.15, -0.1) is 0 Å². The Hall–Kier alpha value is -3.04. The lowest BCUT2D eigenvalue weighted by molar-refractivity contribution is -0.0367. The van der Waals surface area contributed by atoms with E-state index in [0.717, 1.165) is 19.6 Å². The van der Waals surface area contributed by atoms with Crippen molar-refractivity contribution in [1.82, 2.24) is 15.0 Å². The minimum atomic E-state index is -3.37. The Labute approximate surface area is 188 Å². The Kier molecular flexibility index (Phi) is 6.66. The highest BCUT2D eigenvalue weighted by molar-refractivity contribution is 7.90. The standard InChI is InChI=1S/C23H27N5O3S/c1-16(7-8-17-13-31-14-17)18-9-10-21(24-12-18)28-23-11-22(25-15-26-23)27-19-5-3-4-6-20(19)32(2,29)30/h3-6,9-12,15-17H,7-8,13-14H2,1-2H3,(H2,24,25,26,27,28)/t16-/m0/s1. The van der Waals surface area contributed by atoms with E-state index in [9.17, 15) is 8.42 Å². The summed E-state index contributed by atoms with van der Waals surface area (Å²) in [6.07, 6.45) is 6.79. The van der Waals surface area contributed by atoms with E-state index in [2.05, 4.69) is 38.6 Å². The van der Waals surface area contributed by atoms with E-state index in [-0.39, 0.29) is 4.90 Å². The molecule has 0 bridgehead atoms. The van der Waals surface area contributed by atoms with Gasteiger partial charge in [0, 0.05) is 24.4 Å². The van der Waals surface area contributed by atoms with Gasteiger partial charge >= 0.3 is 0 Å². The van der Waals surface area contributed by atoms with E-state index in [1.807, 2.05) is 12.3 Å². The molecule has 0 unspecified atom stereocenters. The van der Waals surface area contributed by atoms with Crippen molar-refractivity contribution in [2.24, 2.45) is 5.92 Å². The maximum absolute atomic E-state index is 12.0. The largest absolute Gasteiger partial charge is 0.381 e. The number of para-hydroxylation sites is 1. The fourth-order valence-electron chi connectivity index (χ4n) is 3.53. The molecule has 2 aromatic heterocycles. The monoisotopic (exact) mass is 453 g/mol. The van der Waals surface area contributed by atoms with Crippen LogP contribution in [0.4, 0.5) is 23.1 Å². The molecular formula is C23H27N5O3S. The van der Waals surface area contributed by atoms with Gasteiger partial charge < -0.3 is 15.4 Å². The van der Waals surface area contributed by atoms with Crippen LogP contribution < -0.4 is 10.6 Å². The van der Waals surface area contributed by atoms with Crippen LogP contribution in [0.2, 0.25) is 0 Å². The molecule has 1 atom stereocenters. The third-order valence-corrected chi connectivity index (χ3v) is 6.70. The molecule has 1 fully saturated rings. The Morgan fingerprint density at radius 3 is 2.44 bits per heavy atom. The van der Waals surface area contributed by atoms with Gasteiger partial charge in [-0.25, -0.2) is 23.4 Å². The summed E-state index contributed by atoms with van der Waals surface area (Å²) in [5.41, 5.74) is 1.67. The number of ether oxygens (including phenoxy) is 1. The average Bonchev–Trinajstić information content (AvgIpc) is 2.73. The number of hydrogen-bond donors (Lipinski definition) is 2. The van der Waals surface area contributed by atoms with Crippen LogP contribution in [0, 0.1) is 5.92 Å². The van der Waals surface area contributed by atoms with Gasteiger partial charge in [-0.2, -0.15) is 0 Å². The van der Waals surface area contributed by atoms with Crippen LogP contribution in [0.15, 0.2) is 59.9 Å². The molecule has 8 nitrogen and oxygen atoms in total. The van der Waals surface area contributed by atoms with Gasteiger partial charge in [-0.3, -0.25) is 0 Å². The summed E-state index contributed by atoms with van der Waals surface area (Å²) in [5, 5.41) is 6.23. The molecule has 2 N–H and O–H groups in total. The highest BCUT2D eigenvalue weighted by Gasteiger charge is 2.19. The molecule has 0 aliphatic carbocycles. The van der Waals surface area contributed by atoms with Crippen LogP contribution in [0.3, 0.4) is 0 Å². The van der Waals surface area contributed by atoms with Crippen LogP contribution in [0.5, 0.6) is 0 Å². The Morgan fingerprint density at radius 2 is 1.78 bits per heavy atom. The molecule has 0 radical (unpaired) electrons. The molecule has 1 aliphatic rings. The summed E-state index contributed by atoms with van der Waals surface area (Å²) in [6.45, 7) is 4.01. The second kappa shape index (κ2) is 9.62. The molecular weight excluding hydrogens is 426 g/mol. The second-order valence-corrected chi connectivity index (χ2v) is 10.1. The molecule has 9 heteroatoms. The van der Waals surface area contributed by atoms with Crippen molar-refractivity contribution in [3.05, 3.63) is 60.6 Å². The van der Waals surface area contributed by atoms with E-state index in [0.29, 0.717) is 35.0 Å². The van der Waals surface area contributed by atoms with Crippen molar-refractivity contribution in [2.75, 3.05) is 30.1 Å². The first kappa shape index (κ1) is 22.2. The van der Waals surface area contributed by atoms with Crippen LogP contribution >= 0.6 is 0 Å². The van der Waals surface area contributed by atoms with Crippen molar-refractivity contribution in [3.63, 3.8) is 0 Å². The maximum atomic E-state index is 12.0. The van der Waals surface area contributed by atoms with Gasteiger partial charge in [0.2, 0.25) is 0 Å². The Morgan fingerprint density at radius 1 is 1.03 bits per heavy atom. The summed E-state index contributed by atoms with van der Waals surface area (Å²) >= 11 is 0. The molecule has 1 aromatic carbocycles. The normalized spacial score (nSPS) is 15.1. The molecule has 0 spiro atoms. The zero-order valence-electron chi connectivity index (χ0n) is 18.2. The molecule has 32 heavy (non-hydrogen) atoms. The van der Waals surface area contributed by atoms with E-state index in [4.69, 9.17) is 4.74 Å². The first-order chi connectivity index (χ1) is 15.4. The van der Waals surface area contributed by atoms with E-state index >= 15 is 0 Å². The molecule has 1 aliphatic heterocycles. The molecule has 4 rings (SSSR count). The number of anilines is 4. The lowest BCUT2D eigenvalue weighted by Crippen LogP contribution is -2.27. The molecule has 0 saturated carbocycles. The van der Waals surface area contributed by atoms with Crippen molar-refractivity contribution < 1.29 is 13.2 Å². The lowest BCUT2D eigenvalue weighted by atomic mass is 9.92. The number of aromatic nitrogens is 3. The van der Waals surface area contributed by atoms with Crippen molar-refractivity contribution in [1.29, 1.82) is 0 Å². The second-order valence-electron chi connectivity index (χ2n) is 8.17. The fourth-order valence-corrected chi connectivity index (χ4v) is 4.38. The molecule has 3 aromatic rings. The van der Waals surface area contributed by atoms with Gasteiger partial charge in [0.1, 0.15) is 23.8 Å². The highest BCUT2D eigenvalue weighted by Crippen LogP contribution is 2.27. The van der Waals surface area contributed by atoms with Crippen molar-refractivity contribution in [2.45, 2.75) is 30.6 Å². The quantitative estimate of drug-likeness (QED) is 0.494. The Balaban J connectivity index is 1.41. The summed E-state index contributed by atoms with van der Waals surface area (Å²) in [5.74, 6) is 2.86. The van der Waals surface area contributed by atoms with E-state index in [1.165, 1.54) is 24.6 Å². The number of hydrogen-bond acceptors (Lipinski definition) is 8. The Bertz CT molecular complexity index is 1160. The predicted molar refractivity (Wildman–Crippen MR) is 124 cm³/mol. The number of nitrogens with one attached hydrogen (secondary N) is 2. The minimum Gasteiger partial charge on any atom is -0.381 e. The van der Waals surface area contributed by atoms with Crippen LogP contribution in [-0.4, -0.2) is 42.8 Å². The minimum absolute atomic E-state index is 0.212. The predicted octanol–water partition coefficient (Wildman–Crippen LogP) is 4.29. The summed E-state index contributed by atoms with van der Waals surface area (Å²) in [4.78, 5) is 13.2. The first-order valence-electron chi connectivity index (χ1n) is 10.6. The fraction of sp³-hybridized carbons (Fsp3) is 0.348. The summed E-state index contributed by atoms with van der Waals surface area (Å²) in [6, 6.07) is 12.4. The SMILES string of the molecule is C[C@@H](CCC1COC1)c1ccc(Nc2cc(Nc3ccccc3S(C)(=O)=O)ncn2)nc1. The zero-order valence-corrected chi connectivity index (χ0v) is 19.0. The van der Waals surface area contributed by atoms with E-state index in [1.54, 1.807) is 30.3 Å². The van der Waals surface area contributed by atoms with Gasteiger partial charge in [-0.1, -0.05) is 25.1 Å². The maximum Gasteiger partial charge on any atom is 0.177 e. The third-order valence-electron chi connectivity index (χ3n) is 5.54. The highest BCUT2D eigenvalue weighted by atomic mass is 32.2. The van der Waals surface area contributed by atoms with Crippen molar-refractivity contribution >= 4 is 33.0 Å². The number of sulfone groups is 1. The number of pyridine rings is 1. The van der Waals surface area contributed by atoms with E-state index < -0.39 is 9.84 Å². The smallest absolute Gasteiger partial charge is 0.177 e. The lowest BCUT2D eigenvalue weighted by Gasteiger charge is -2.27. The topological polar surface area (TPSA) is 106 Å². The van der Waals surface area contributed by atoms with Crippen LogP contribution in [0.1, 0.15) is 31.2 Å². The molecule has 3 heterocycles. The number of nitrogens with zero attached hydrogens (tertiary/aromatic N) is 3. The van der Waals surface area contributed by atoms with Crippen LogP contribution in [0.25, 0.3) is 0 Å². The van der Waals surface area contributed by atoms with Gasteiger partial charge in [0.25, 0.3) is 0 Å². The van der Waals surface area contributed by atoms with Gasteiger partial charge in [0.05, 0.1) is 23.8 Å². The van der Waals surface area contributed by atoms with Crippen molar-refractivity contribution in [3.8, 4) is 0 Å². The summed E-state index contributed by atoms with van der Waals surface area (Å²) in [7, 11) is -3.37. The third kappa shape index (κ3) is 5.60. The molecule has 1 saturated heterocycles. The zero-order chi connectivity index (χ0) is 22.6. The van der Waals surface area contributed by atoms with Gasteiger partial charge in [-0.05, 0) is 42.5 Å². The molecule has 0 amide bonds. The average molecular weight is 454 g/mol.